The molecule has 0 aliphatic heterocycles. The average molecular weight is 390 g/mol. The number of carbonyl (C=O) groups excluding carboxylic acids is 1. The van der Waals surface area contributed by atoms with Gasteiger partial charge in [-0.05, 0) is 36.1 Å². The van der Waals surface area contributed by atoms with Gasteiger partial charge in [0, 0.05) is 4.47 Å². The Bertz CT molecular complexity index is 783. The Morgan fingerprint density at radius 3 is 2.71 bits per heavy atom. The molecule has 1 aromatic carbocycles. The Balaban J connectivity index is 2.42. The minimum Gasteiger partial charge on any atom is -0.465 e. The Kier molecular flexibility index (Phi) is 4.70. The van der Waals surface area contributed by atoms with Gasteiger partial charge in [0.2, 0.25) is 0 Å². The molecule has 0 aliphatic carbocycles. The van der Waals surface area contributed by atoms with Crippen molar-refractivity contribution < 1.29 is 17.9 Å². The number of sulfonamides is 1. The number of ether oxygens (including phenoxy) is 1. The van der Waals surface area contributed by atoms with Crippen molar-refractivity contribution in [2.45, 2.75) is 11.8 Å². The van der Waals surface area contributed by atoms with Gasteiger partial charge in [0.25, 0.3) is 10.0 Å². The number of benzene rings is 1. The van der Waals surface area contributed by atoms with Crippen LogP contribution >= 0.6 is 27.3 Å². The SMILES string of the molecule is COC(=O)c1scc(C)c1NS(=O)(=O)c1cccc(Br)c1. The highest BCUT2D eigenvalue weighted by atomic mass is 79.9. The average Bonchev–Trinajstić information content (AvgIpc) is 2.79. The number of thiophene rings is 1. The first-order chi connectivity index (χ1) is 9.85. The monoisotopic (exact) mass is 389 g/mol. The fourth-order valence-electron chi connectivity index (χ4n) is 1.64. The molecule has 112 valence electrons. The normalized spacial score (nSPS) is 11.2. The maximum atomic E-state index is 12.4. The largest absolute Gasteiger partial charge is 0.465 e. The smallest absolute Gasteiger partial charge is 0.350 e. The van der Waals surface area contributed by atoms with Crippen LogP contribution in [-0.2, 0) is 14.8 Å². The summed E-state index contributed by atoms with van der Waals surface area (Å²) in [6, 6.07) is 6.32. The summed E-state index contributed by atoms with van der Waals surface area (Å²) in [4.78, 5) is 12.0. The number of anilines is 1. The van der Waals surface area contributed by atoms with Gasteiger partial charge in [-0.1, -0.05) is 22.0 Å². The van der Waals surface area contributed by atoms with E-state index >= 15 is 0 Å². The van der Waals surface area contributed by atoms with E-state index in [1.165, 1.54) is 19.2 Å². The van der Waals surface area contributed by atoms with Crippen molar-refractivity contribution in [3.05, 3.63) is 44.6 Å². The number of rotatable bonds is 4. The standard InChI is InChI=1S/C13H12BrNO4S2/c1-8-7-20-12(13(16)19-2)11(8)15-21(17,18)10-5-3-4-9(14)6-10/h3-7,15H,1-2H3. The van der Waals surface area contributed by atoms with E-state index in [4.69, 9.17) is 0 Å². The Morgan fingerprint density at radius 2 is 2.10 bits per heavy atom. The third kappa shape index (κ3) is 3.45. The predicted molar refractivity (Wildman–Crippen MR) is 85.3 cm³/mol. The van der Waals surface area contributed by atoms with E-state index in [9.17, 15) is 13.2 Å². The van der Waals surface area contributed by atoms with Crippen LogP contribution in [0.15, 0.2) is 39.0 Å². The predicted octanol–water partition coefficient (Wildman–Crippen LogP) is 3.41. The molecule has 0 fully saturated rings. The molecule has 1 aromatic heterocycles. The molecule has 5 nitrogen and oxygen atoms in total. The second kappa shape index (κ2) is 6.17. The van der Waals surface area contributed by atoms with Crippen LogP contribution in [0.4, 0.5) is 5.69 Å². The van der Waals surface area contributed by atoms with Crippen LogP contribution in [0.3, 0.4) is 0 Å². The molecule has 0 radical (unpaired) electrons. The number of carbonyl (C=O) groups is 1. The summed E-state index contributed by atoms with van der Waals surface area (Å²) in [6.45, 7) is 1.72. The number of methoxy groups -OCH3 is 1. The molecule has 2 aromatic rings. The molecule has 0 atom stereocenters. The lowest BCUT2D eigenvalue weighted by Crippen LogP contribution is -2.15. The van der Waals surface area contributed by atoms with E-state index in [1.807, 2.05) is 0 Å². The summed E-state index contributed by atoms with van der Waals surface area (Å²) >= 11 is 4.37. The van der Waals surface area contributed by atoms with E-state index in [-0.39, 0.29) is 15.5 Å². The number of aryl methyl sites for hydroxylation is 1. The number of hydrogen-bond acceptors (Lipinski definition) is 5. The lowest BCUT2D eigenvalue weighted by Gasteiger charge is -2.10. The van der Waals surface area contributed by atoms with Gasteiger partial charge in [0.1, 0.15) is 4.88 Å². The Labute approximate surface area is 135 Å². The van der Waals surface area contributed by atoms with Gasteiger partial charge in [-0.2, -0.15) is 0 Å². The third-order valence-corrected chi connectivity index (χ3v) is 5.61. The van der Waals surface area contributed by atoms with E-state index < -0.39 is 16.0 Å². The first kappa shape index (κ1) is 16.0. The number of hydrogen-bond donors (Lipinski definition) is 1. The molecule has 0 unspecified atom stereocenters. The van der Waals surface area contributed by atoms with Crippen molar-refractivity contribution in [3.63, 3.8) is 0 Å². The van der Waals surface area contributed by atoms with Gasteiger partial charge in [0.05, 0.1) is 17.7 Å². The summed E-state index contributed by atoms with van der Waals surface area (Å²) < 4.78 is 32.5. The second-order valence-electron chi connectivity index (χ2n) is 4.18. The zero-order valence-electron chi connectivity index (χ0n) is 11.2. The van der Waals surface area contributed by atoms with Crippen molar-refractivity contribution in [2.24, 2.45) is 0 Å². The van der Waals surface area contributed by atoms with Gasteiger partial charge in [-0.25, -0.2) is 13.2 Å². The Morgan fingerprint density at radius 1 is 1.38 bits per heavy atom. The highest BCUT2D eigenvalue weighted by Gasteiger charge is 2.22. The maximum absolute atomic E-state index is 12.4. The summed E-state index contributed by atoms with van der Waals surface area (Å²) in [6.07, 6.45) is 0. The highest BCUT2D eigenvalue weighted by molar-refractivity contribution is 9.10. The van der Waals surface area contributed by atoms with Gasteiger partial charge in [-0.15, -0.1) is 11.3 Å². The molecule has 0 amide bonds. The van der Waals surface area contributed by atoms with Crippen LogP contribution in [-0.4, -0.2) is 21.5 Å². The quantitative estimate of drug-likeness (QED) is 0.813. The van der Waals surface area contributed by atoms with Gasteiger partial charge < -0.3 is 4.74 Å². The van der Waals surface area contributed by atoms with Gasteiger partial charge >= 0.3 is 5.97 Å². The van der Waals surface area contributed by atoms with Crippen LogP contribution in [0.1, 0.15) is 15.2 Å². The third-order valence-electron chi connectivity index (χ3n) is 2.69. The molecular formula is C13H12BrNO4S2. The lowest BCUT2D eigenvalue weighted by molar-refractivity contribution is 0.0607. The molecule has 0 aliphatic rings. The zero-order valence-corrected chi connectivity index (χ0v) is 14.4. The fourth-order valence-corrected chi connectivity index (χ4v) is 4.37. The van der Waals surface area contributed by atoms with E-state index in [0.29, 0.717) is 10.0 Å². The molecule has 0 bridgehead atoms. The van der Waals surface area contributed by atoms with Crippen LogP contribution in [0, 0.1) is 6.92 Å². The summed E-state index contributed by atoms with van der Waals surface area (Å²) in [5.74, 6) is -0.569. The van der Waals surface area contributed by atoms with Crippen LogP contribution in [0.5, 0.6) is 0 Å². The van der Waals surface area contributed by atoms with Crippen molar-refractivity contribution in [3.8, 4) is 0 Å². The molecular weight excluding hydrogens is 378 g/mol. The minimum absolute atomic E-state index is 0.110. The highest BCUT2D eigenvalue weighted by Crippen LogP contribution is 2.30. The van der Waals surface area contributed by atoms with Crippen molar-refractivity contribution in [2.75, 3.05) is 11.8 Å². The molecule has 21 heavy (non-hydrogen) atoms. The number of halogens is 1. The molecule has 1 N–H and O–H groups in total. The van der Waals surface area contributed by atoms with Crippen LogP contribution in [0.25, 0.3) is 0 Å². The van der Waals surface area contributed by atoms with Gasteiger partial charge in [0.15, 0.2) is 0 Å². The first-order valence-electron chi connectivity index (χ1n) is 5.80. The first-order valence-corrected chi connectivity index (χ1v) is 8.95. The summed E-state index contributed by atoms with van der Waals surface area (Å²) in [7, 11) is -2.52. The van der Waals surface area contributed by atoms with E-state index in [1.54, 1.807) is 24.4 Å². The van der Waals surface area contributed by atoms with E-state index in [0.717, 1.165) is 11.3 Å². The van der Waals surface area contributed by atoms with Crippen molar-refractivity contribution >= 4 is 48.9 Å². The molecule has 0 saturated heterocycles. The Hall–Kier alpha value is -1.38. The lowest BCUT2D eigenvalue weighted by atomic mass is 10.3. The van der Waals surface area contributed by atoms with Crippen LogP contribution < -0.4 is 4.72 Å². The molecule has 8 heteroatoms. The molecule has 0 spiro atoms. The number of nitrogens with one attached hydrogen (secondary N) is 1. The summed E-state index contributed by atoms with van der Waals surface area (Å²) in [5.41, 5.74) is 0.922. The molecule has 2 rings (SSSR count). The topological polar surface area (TPSA) is 72.5 Å². The molecule has 1 heterocycles. The maximum Gasteiger partial charge on any atom is 0.350 e. The molecule has 0 saturated carbocycles. The second-order valence-corrected chi connectivity index (χ2v) is 7.66. The van der Waals surface area contributed by atoms with Crippen molar-refractivity contribution in [1.82, 2.24) is 0 Å². The summed E-state index contributed by atoms with van der Waals surface area (Å²) in [5, 5.41) is 1.70. The van der Waals surface area contributed by atoms with Crippen molar-refractivity contribution in [1.29, 1.82) is 0 Å². The zero-order chi connectivity index (χ0) is 15.6. The van der Waals surface area contributed by atoms with Gasteiger partial charge in [-0.3, -0.25) is 4.72 Å². The number of esters is 1. The minimum atomic E-state index is -3.77. The van der Waals surface area contributed by atoms with E-state index in [2.05, 4.69) is 25.4 Å². The fraction of sp³-hybridized carbons (Fsp3) is 0.154. The van der Waals surface area contributed by atoms with Crippen LogP contribution in [0.2, 0.25) is 0 Å².